The fourth-order valence-corrected chi connectivity index (χ4v) is 1.93. The van der Waals surface area contributed by atoms with Gasteiger partial charge in [0.05, 0.1) is 0 Å². The monoisotopic (exact) mass is 298 g/mol. The van der Waals surface area contributed by atoms with Crippen LogP contribution in [0, 0.1) is 0 Å². The number of ether oxygens (including phenoxy) is 1. The zero-order chi connectivity index (χ0) is 15.6. The van der Waals surface area contributed by atoms with Crippen LogP contribution in [0.5, 0.6) is 5.75 Å². The van der Waals surface area contributed by atoms with Gasteiger partial charge in [-0.2, -0.15) is 0 Å². The molecule has 0 aliphatic carbocycles. The molecule has 2 aromatic rings. The minimum absolute atomic E-state index is 0.175. The fourth-order valence-electron chi connectivity index (χ4n) is 1.93. The van der Waals surface area contributed by atoms with E-state index in [4.69, 9.17) is 4.74 Å². The summed E-state index contributed by atoms with van der Waals surface area (Å²) in [6.45, 7) is 3.32. The largest absolute Gasteiger partial charge is 0.489 e. The average Bonchev–Trinajstić information content (AvgIpc) is 2.55. The highest BCUT2D eigenvalue weighted by Gasteiger charge is 2.01. The van der Waals surface area contributed by atoms with Gasteiger partial charge < -0.3 is 15.4 Å². The Morgan fingerprint density at radius 3 is 2.45 bits per heavy atom. The molecular weight excluding hydrogens is 276 g/mol. The molecule has 116 valence electrons. The topological polar surface area (TPSA) is 50.4 Å². The number of carbonyl (C=O) groups excluding carboxylic acids is 1. The Hall–Kier alpha value is -2.49. The number of urea groups is 1. The third-order valence-corrected chi connectivity index (χ3v) is 3.18. The Bertz CT molecular complexity index is 567. The lowest BCUT2D eigenvalue weighted by Gasteiger charge is -2.09. The van der Waals surface area contributed by atoms with Crippen LogP contribution in [0.25, 0.3) is 0 Å². The molecule has 0 atom stereocenters. The van der Waals surface area contributed by atoms with Crippen molar-refractivity contribution in [3.8, 4) is 5.75 Å². The molecule has 0 aliphatic rings. The van der Waals surface area contributed by atoms with Crippen molar-refractivity contribution in [2.75, 3.05) is 11.9 Å². The molecule has 0 heterocycles. The van der Waals surface area contributed by atoms with Crippen LogP contribution in [0.1, 0.15) is 25.3 Å². The first-order valence-electron chi connectivity index (χ1n) is 7.59. The number of rotatable bonds is 7. The lowest BCUT2D eigenvalue weighted by atomic mass is 10.2. The van der Waals surface area contributed by atoms with E-state index in [1.54, 1.807) is 0 Å². The van der Waals surface area contributed by atoms with Crippen molar-refractivity contribution >= 4 is 11.7 Å². The Labute approximate surface area is 131 Å². The summed E-state index contributed by atoms with van der Waals surface area (Å²) in [5.41, 5.74) is 1.88. The van der Waals surface area contributed by atoms with Gasteiger partial charge in [-0.3, -0.25) is 0 Å². The second kappa shape index (κ2) is 8.72. The molecule has 0 bridgehead atoms. The highest BCUT2D eigenvalue weighted by molar-refractivity contribution is 5.89. The zero-order valence-electron chi connectivity index (χ0n) is 12.8. The molecule has 4 heteroatoms. The number of unbranched alkanes of at least 4 members (excludes halogenated alkanes) is 1. The Kier molecular flexibility index (Phi) is 6.30. The van der Waals surface area contributed by atoms with Crippen LogP contribution >= 0.6 is 0 Å². The molecule has 0 aromatic heterocycles. The Balaban J connectivity index is 1.79. The lowest BCUT2D eigenvalue weighted by Crippen LogP contribution is -2.29. The van der Waals surface area contributed by atoms with Gasteiger partial charge in [0, 0.05) is 12.2 Å². The molecule has 22 heavy (non-hydrogen) atoms. The molecule has 0 aliphatic heterocycles. The van der Waals surface area contributed by atoms with Crippen LogP contribution in [0.15, 0.2) is 54.6 Å². The van der Waals surface area contributed by atoms with E-state index in [0.717, 1.165) is 29.8 Å². The van der Waals surface area contributed by atoms with E-state index in [9.17, 15) is 4.79 Å². The van der Waals surface area contributed by atoms with E-state index in [-0.39, 0.29) is 6.03 Å². The highest BCUT2D eigenvalue weighted by atomic mass is 16.5. The molecule has 0 saturated carbocycles. The van der Waals surface area contributed by atoms with Gasteiger partial charge in [-0.25, -0.2) is 4.79 Å². The predicted octanol–water partition coefficient (Wildman–Crippen LogP) is 4.19. The average molecular weight is 298 g/mol. The van der Waals surface area contributed by atoms with E-state index >= 15 is 0 Å². The van der Waals surface area contributed by atoms with E-state index in [2.05, 4.69) is 17.6 Å². The van der Waals surface area contributed by atoms with Gasteiger partial charge in [-0.05, 0) is 36.2 Å². The number of hydrogen-bond acceptors (Lipinski definition) is 2. The standard InChI is InChI=1S/C18H22N2O2/c1-2-3-13-19-18(21)20-16-9-11-17(12-10-16)22-14-15-7-5-4-6-8-15/h4-12H,2-3,13-14H2,1H3,(H2,19,20,21). The summed E-state index contributed by atoms with van der Waals surface area (Å²) in [6.07, 6.45) is 2.05. The van der Waals surface area contributed by atoms with Crippen molar-refractivity contribution in [1.82, 2.24) is 5.32 Å². The summed E-state index contributed by atoms with van der Waals surface area (Å²) in [4.78, 5) is 11.6. The van der Waals surface area contributed by atoms with Gasteiger partial charge in [0.1, 0.15) is 12.4 Å². The minimum Gasteiger partial charge on any atom is -0.489 e. The number of anilines is 1. The number of amides is 2. The van der Waals surface area contributed by atoms with Crippen molar-refractivity contribution in [1.29, 1.82) is 0 Å². The summed E-state index contributed by atoms with van der Waals surface area (Å²) >= 11 is 0. The molecule has 2 rings (SSSR count). The minimum atomic E-state index is -0.175. The first-order chi connectivity index (χ1) is 10.8. The molecule has 2 aromatic carbocycles. The number of benzene rings is 2. The Morgan fingerprint density at radius 1 is 1.05 bits per heavy atom. The molecule has 0 unspecified atom stereocenters. The lowest BCUT2D eigenvalue weighted by molar-refractivity contribution is 0.252. The third-order valence-electron chi connectivity index (χ3n) is 3.18. The van der Waals surface area contributed by atoms with Gasteiger partial charge in [-0.1, -0.05) is 43.7 Å². The normalized spacial score (nSPS) is 10.0. The van der Waals surface area contributed by atoms with Crippen LogP contribution in [0.4, 0.5) is 10.5 Å². The zero-order valence-corrected chi connectivity index (χ0v) is 12.8. The van der Waals surface area contributed by atoms with Crippen LogP contribution in [0.2, 0.25) is 0 Å². The van der Waals surface area contributed by atoms with Crippen molar-refractivity contribution in [2.24, 2.45) is 0 Å². The van der Waals surface area contributed by atoms with E-state index < -0.39 is 0 Å². The second-order valence-corrected chi connectivity index (χ2v) is 5.03. The van der Waals surface area contributed by atoms with Gasteiger partial charge in [0.15, 0.2) is 0 Å². The van der Waals surface area contributed by atoms with E-state index in [1.807, 2.05) is 54.6 Å². The van der Waals surface area contributed by atoms with Crippen LogP contribution in [-0.2, 0) is 6.61 Å². The third kappa shape index (κ3) is 5.48. The van der Waals surface area contributed by atoms with Gasteiger partial charge in [0.25, 0.3) is 0 Å². The van der Waals surface area contributed by atoms with Crippen molar-refractivity contribution in [3.05, 3.63) is 60.2 Å². The van der Waals surface area contributed by atoms with Crippen molar-refractivity contribution < 1.29 is 9.53 Å². The Morgan fingerprint density at radius 2 is 1.77 bits per heavy atom. The summed E-state index contributed by atoms with van der Waals surface area (Å²) < 4.78 is 5.70. The number of hydrogen-bond donors (Lipinski definition) is 2. The first-order valence-corrected chi connectivity index (χ1v) is 7.59. The van der Waals surface area contributed by atoms with Gasteiger partial charge in [0.2, 0.25) is 0 Å². The molecule has 0 radical (unpaired) electrons. The molecular formula is C18H22N2O2. The number of nitrogens with one attached hydrogen (secondary N) is 2. The summed E-state index contributed by atoms with van der Waals surface area (Å²) in [6, 6.07) is 17.2. The van der Waals surface area contributed by atoms with Crippen LogP contribution < -0.4 is 15.4 Å². The molecule has 0 saturated heterocycles. The van der Waals surface area contributed by atoms with Crippen LogP contribution in [-0.4, -0.2) is 12.6 Å². The van der Waals surface area contributed by atoms with Gasteiger partial charge >= 0.3 is 6.03 Å². The van der Waals surface area contributed by atoms with Crippen LogP contribution in [0.3, 0.4) is 0 Å². The maximum absolute atomic E-state index is 11.6. The van der Waals surface area contributed by atoms with Gasteiger partial charge in [-0.15, -0.1) is 0 Å². The maximum Gasteiger partial charge on any atom is 0.319 e. The quantitative estimate of drug-likeness (QED) is 0.753. The predicted molar refractivity (Wildman–Crippen MR) is 89.1 cm³/mol. The van der Waals surface area contributed by atoms with Crippen molar-refractivity contribution in [2.45, 2.75) is 26.4 Å². The molecule has 2 amide bonds. The first kappa shape index (κ1) is 15.9. The summed E-state index contributed by atoms with van der Waals surface area (Å²) in [5.74, 6) is 0.779. The maximum atomic E-state index is 11.6. The SMILES string of the molecule is CCCCNC(=O)Nc1ccc(OCc2ccccc2)cc1. The summed E-state index contributed by atoms with van der Waals surface area (Å²) in [5, 5.41) is 5.61. The van der Waals surface area contributed by atoms with E-state index in [1.165, 1.54) is 0 Å². The number of carbonyl (C=O) groups is 1. The smallest absolute Gasteiger partial charge is 0.319 e. The molecule has 4 nitrogen and oxygen atoms in total. The van der Waals surface area contributed by atoms with Crippen molar-refractivity contribution in [3.63, 3.8) is 0 Å². The molecule has 0 fully saturated rings. The second-order valence-electron chi connectivity index (χ2n) is 5.03. The fraction of sp³-hybridized carbons (Fsp3) is 0.278. The molecule has 2 N–H and O–H groups in total. The highest BCUT2D eigenvalue weighted by Crippen LogP contribution is 2.17. The summed E-state index contributed by atoms with van der Waals surface area (Å²) in [7, 11) is 0. The molecule has 0 spiro atoms. The van der Waals surface area contributed by atoms with E-state index in [0.29, 0.717) is 13.2 Å².